The lowest BCUT2D eigenvalue weighted by Crippen LogP contribution is -2.33. The molecular formula is C14H19ClO3. The van der Waals surface area contributed by atoms with E-state index in [4.69, 9.17) is 16.3 Å². The van der Waals surface area contributed by atoms with Crippen LogP contribution < -0.4 is 0 Å². The van der Waals surface area contributed by atoms with Gasteiger partial charge in [0.1, 0.15) is 0 Å². The molecule has 0 amide bonds. The second-order valence-electron chi connectivity index (χ2n) is 4.85. The van der Waals surface area contributed by atoms with E-state index < -0.39 is 17.5 Å². The molecule has 1 aromatic carbocycles. The predicted molar refractivity (Wildman–Crippen MR) is 71.6 cm³/mol. The van der Waals surface area contributed by atoms with Gasteiger partial charge in [-0.05, 0) is 44.9 Å². The quantitative estimate of drug-likeness (QED) is 0.854. The number of aliphatic hydroxyl groups excluding tert-OH is 1. The van der Waals surface area contributed by atoms with E-state index in [0.717, 1.165) is 5.56 Å². The lowest BCUT2D eigenvalue weighted by molar-refractivity contribution is -0.160. The number of ether oxygens (including phenoxy) is 1. The summed E-state index contributed by atoms with van der Waals surface area (Å²) in [6, 6.07) is 5.28. The summed E-state index contributed by atoms with van der Waals surface area (Å²) >= 11 is 6.02. The summed E-state index contributed by atoms with van der Waals surface area (Å²) in [6.45, 7) is 7.23. The van der Waals surface area contributed by atoms with Gasteiger partial charge in [0, 0.05) is 5.02 Å². The number of esters is 1. The molecule has 3 nitrogen and oxygen atoms in total. The predicted octanol–water partition coefficient (Wildman–Crippen LogP) is 3.27. The van der Waals surface area contributed by atoms with Crippen molar-refractivity contribution in [3.05, 3.63) is 34.3 Å². The van der Waals surface area contributed by atoms with Crippen LogP contribution >= 0.6 is 11.6 Å². The van der Waals surface area contributed by atoms with Gasteiger partial charge in [0.2, 0.25) is 0 Å². The maximum atomic E-state index is 11.8. The van der Waals surface area contributed by atoms with Gasteiger partial charge in [-0.3, -0.25) is 4.79 Å². The molecule has 0 saturated carbocycles. The summed E-state index contributed by atoms with van der Waals surface area (Å²) in [5.74, 6) is -0.422. The first-order chi connectivity index (χ1) is 8.30. The van der Waals surface area contributed by atoms with Gasteiger partial charge in [-0.25, -0.2) is 0 Å². The first kappa shape index (κ1) is 15.0. The van der Waals surface area contributed by atoms with Gasteiger partial charge in [-0.1, -0.05) is 23.7 Å². The van der Waals surface area contributed by atoms with Gasteiger partial charge in [0.05, 0.1) is 18.1 Å². The molecule has 0 aliphatic rings. The standard InChI is InChI=1S/C14H19ClO3/c1-5-18-13(17)14(3,4)12(16)10-7-6-9(2)11(15)8-10/h6-8,12,16H,5H2,1-4H3. The minimum Gasteiger partial charge on any atom is -0.465 e. The zero-order valence-electron chi connectivity index (χ0n) is 11.2. The largest absolute Gasteiger partial charge is 0.465 e. The molecule has 0 bridgehead atoms. The smallest absolute Gasteiger partial charge is 0.314 e. The maximum absolute atomic E-state index is 11.8. The Bertz CT molecular complexity index is 441. The van der Waals surface area contributed by atoms with Crippen LogP contribution in [0.1, 0.15) is 38.0 Å². The zero-order valence-corrected chi connectivity index (χ0v) is 11.9. The fourth-order valence-electron chi connectivity index (χ4n) is 1.62. The number of carbonyl (C=O) groups excluding carboxylic acids is 1. The van der Waals surface area contributed by atoms with Crippen molar-refractivity contribution in [2.75, 3.05) is 6.61 Å². The number of aliphatic hydroxyl groups is 1. The van der Waals surface area contributed by atoms with Crippen LogP contribution in [0.3, 0.4) is 0 Å². The molecule has 0 fully saturated rings. The van der Waals surface area contributed by atoms with E-state index in [2.05, 4.69) is 0 Å². The lowest BCUT2D eigenvalue weighted by Gasteiger charge is -2.28. The van der Waals surface area contributed by atoms with E-state index in [1.54, 1.807) is 32.9 Å². The highest BCUT2D eigenvalue weighted by Crippen LogP contribution is 2.35. The number of hydrogen-bond donors (Lipinski definition) is 1. The van der Waals surface area contributed by atoms with Crippen LogP contribution in [0.5, 0.6) is 0 Å². The van der Waals surface area contributed by atoms with Crippen LogP contribution in [0.4, 0.5) is 0 Å². The third-order valence-electron chi connectivity index (χ3n) is 3.00. The molecule has 0 spiro atoms. The molecule has 1 atom stereocenters. The Labute approximate surface area is 113 Å². The number of rotatable bonds is 4. The molecule has 4 heteroatoms. The molecule has 100 valence electrons. The Morgan fingerprint density at radius 2 is 2.11 bits per heavy atom. The average Bonchev–Trinajstić information content (AvgIpc) is 2.32. The van der Waals surface area contributed by atoms with Crippen molar-refractivity contribution in [1.82, 2.24) is 0 Å². The molecule has 0 radical (unpaired) electrons. The molecule has 1 rings (SSSR count). The van der Waals surface area contributed by atoms with E-state index in [9.17, 15) is 9.90 Å². The minimum atomic E-state index is -1.01. The molecule has 1 unspecified atom stereocenters. The number of carbonyl (C=O) groups is 1. The van der Waals surface area contributed by atoms with Crippen molar-refractivity contribution in [1.29, 1.82) is 0 Å². The molecule has 1 N–H and O–H groups in total. The maximum Gasteiger partial charge on any atom is 0.314 e. The van der Waals surface area contributed by atoms with E-state index in [1.165, 1.54) is 0 Å². The van der Waals surface area contributed by atoms with Crippen molar-refractivity contribution in [2.45, 2.75) is 33.8 Å². The van der Waals surface area contributed by atoms with Crippen molar-refractivity contribution in [3.8, 4) is 0 Å². The van der Waals surface area contributed by atoms with Gasteiger partial charge in [-0.2, -0.15) is 0 Å². The Morgan fingerprint density at radius 3 is 2.61 bits per heavy atom. The normalized spacial score (nSPS) is 13.2. The van der Waals surface area contributed by atoms with Crippen molar-refractivity contribution >= 4 is 17.6 Å². The van der Waals surface area contributed by atoms with E-state index in [-0.39, 0.29) is 0 Å². The number of hydrogen-bond acceptors (Lipinski definition) is 3. The third-order valence-corrected chi connectivity index (χ3v) is 3.40. The highest BCUT2D eigenvalue weighted by molar-refractivity contribution is 6.31. The van der Waals surface area contributed by atoms with Crippen LogP contribution in [0.15, 0.2) is 18.2 Å². The van der Waals surface area contributed by atoms with Gasteiger partial charge < -0.3 is 9.84 Å². The van der Waals surface area contributed by atoms with Gasteiger partial charge >= 0.3 is 5.97 Å². The third kappa shape index (κ3) is 3.03. The molecule has 0 aliphatic carbocycles. The number of aryl methyl sites for hydroxylation is 1. The summed E-state index contributed by atoms with van der Waals surface area (Å²) in [5, 5.41) is 10.9. The monoisotopic (exact) mass is 270 g/mol. The van der Waals surface area contributed by atoms with Crippen LogP contribution in [0.25, 0.3) is 0 Å². The van der Waals surface area contributed by atoms with Gasteiger partial charge in [-0.15, -0.1) is 0 Å². The summed E-state index contributed by atoms with van der Waals surface area (Å²) < 4.78 is 4.97. The Hall–Kier alpha value is -1.06. The van der Waals surface area contributed by atoms with Crippen molar-refractivity contribution < 1.29 is 14.6 Å². The lowest BCUT2D eigenvalue weighted by atomic mass is 9.82. The van der Waals surface area contributed by atoms with E-state index in [0.29, 0.717) is 17.2 Å². The first-order valence-corrected chi connectivity index (χ1v) is 6.29. The fourth-order valence-corrected chi connectivity index (χ4v) is 1.81. The highest BCUT2D eigenvalue weighted by Gasteiger charge is 2.38. The summed E-state index contributed by atoms with van der Waals surface area (Å²) in [5.41, 5.74) is 0.541. The topological polar surface area (TPSA) is 46.5 Å². The molecule has 0 saturated heterocycles. The van der Waals surface area contributed by atoms with Crippen molar-refractivity contribution in [3.63, 3.8) is 0 Å². The molecule has 0 aromatic heterocycles. The number of benzene rings is 1. The van der Waals surface area contributed by atoms with E-state index in [1.807, 2.05) is 13.0 Å². The number of halogens is 1. The second-order valence-corrected chi connectivity index (χ2v) is 5.26. The Kier molecular flexibility index (Phi) is 4.77. The van der Waals surface area contributed by atoms with Crippen LogP contribution in [0, 0.1) is 12.3 Å². The minimum absolute atomic E-state index is 0.295. The van der Waals surface area contributed by atoms with Crippen molar-refractivity contribution in [2.24, 2.45) is 5.41 Å². The van der Waals surface area contributed by atoms with Gasteiger partial charge in [0.15, 0.2) is 0 Å². The van der Waals surface area contributed by atoms with Gasteiger partial charge in [0.25, 0.3) is 0 Å². The van der Waals surface area contributed by atoms with E-state index >= 15 is 0 Å². The highest BCUT2D eigenvalue weighted by atomic mass is 35.5. The van der Waals surface area contributed by atoms with Crippen LogP contribution in [0.2, 0.25) is 5.02 Å². The molecule has 18 heavy (non-hydrogen) atoms. The first-order valence-electron chi connectivity index (χ1n) is 5.92. The average molecular weight is 271 g/mol. The SMILES string of the molecule is CCOC(=O)C(C)(C)C(O)c1ccc(C)c(Cl)c1. The molecular weight excluding hydrogens is 252 g/mol. The summed E-state index contributed by atoms with van der Waals surface area (Å²) in [7, 11) is 0. The zero-order chi connectivity index (χ0) is 13.9. The molecule has 0 aliphatic heterocycles. The Balaban J connectivity index is 3.01. The summed E-state index contributed by atoms with van der Waals surface area (Å²) in [4.78, 5) is 11.8. The summed E-state index contributed by atoms with van der Waals surface area (Å²) in [6.07, 6.45) is -0.949. The second kappa shape index (κ2) is 5.72. The molecule has 0 heterocycles. The fraction of sp³-hybridized carbons (Fsp3) is 0.500. The molecule has 1 aromatic rings. The Morgan fingerprint density at radius 1 is 1.50 bits per heavy atom. The van der Waals surface area contributed by atoms with Crippen LogP contribution in [-0.2, 0) is 9.53 Å². The van der Waals surface area contributed by atoms with Crippen LogP contribution in [-0.4, -0.2) is 17.7 Å².